The van der Waals surface area contributed by atoms with Crippen LogP contribution in [0.4, 0.5) is 5.69 Å². The Balaban J connectivity index is 1.61. The molecule has 0 spiro atoms. The van der Waals surface area contributed by atoms with E-state index in [2.05, 4.69) is 20.9 Å². The topological polar surface area (TPSA) is 48.8 Å². The zero-order valence-electron chi connectivity index (χ0n) is 12.0. The molecule has 20 heavy (non-hydrogen) atoms. The van der Waals surface area contributed by atoms with E-state index in [9.17, 15) is 5.11 Å². The molecule has 0 saturated carbocycles. The number of ether oxygens (including phenoxy) is 1. The minimum absolute atomic E-state index is 0.497. The van der Waals surface area contributed by atoms with Gasteiger partial charge in [-0.15, -0.1) is 0 Å². The Hall–Kier alpha value is -1.17. The average molecular weight is 277 g/mol. The zero-order chi connectivity index (χ0) is 13.9. The SMILES string of the molecule is C[C@H](O)c1ccc(N2CCC(N3CCOCC3)C2)cn1. The number of rotatable bonds is 3. The van der Waals surface area contributed by atoms with Crippen molar-refractivity contribution in [3.05, 3.63) is 24.0 Å². The van der Waals surface area contributed by atoms with Crippen molar-refractivity contribution < 1.29 is 9.84 Å². The van der Waals surface area contributed by atoms with Gasteiger partial charge < -0.3 is 14.7 Å². The molecule has 1 unspecified atom stereocenters. The third-order valence-electron chi connectivity index (χ3n) is 4.29. The van der Waals surface area contributed by atoms with Gasteiger partial charge in [-0.1, -0.05) is 0 Å². The van der Waals surface area contributed by atoms with Crippen molar-refractivity contribution in [3.63, 3.8) is 0 Å². The second kappa shape index (κ2) is 6.08. The summed E-state index contributed by atoms with van der Waals surface area (Å²) >= 11 is 0. The van der Waals surface area contributed by atoms with Gasteiger partial charge >= 0.3 is 0 Å². The lowest BCUT2D eigenvalue weighted by atomic mass is 10.2. The van der Waals surface area contributed by atoms with E-state index in [1.54, 1.807) is 6.92 Å². The molecule has 3 heterocycles. The number of hydrogen-bond donors (Lipinski definition) is 1. The van der Waals surface area contributed by atoms with E-state index >= 15 is 0 Å². The van der Waals surface area contributed by atoms with E-state index in [4.69, 9.17) is 4.74 Å². The average Bonchev–Trinajstić information content (AvgIpc) is 2.98. The molecule has 3 rings (SSSR count). The van der Waals surface area contributed by atoms with Crippen molar-refractivity contribution in [1.29, 1.82) is 0 Å². The molecule has 0 radical (unpaired) electrons. The molecule has 1 N–H and O–H groups in total. The van der Waals surface area contributed by atoms with E-state index in [-0.39, 0.29) is 0 Å². The van der Waals surface area contributed by atoms with Crippen molar-refractivity contribution in [2.24, 2.45) is 0 Å². The molecule has 0 amide bonds. The molecule has 2 saturated heterocycles. The van der Waals surface area contributed by atoms with Crippen molar-refractivity contribution in [2.75, 3.05) is 44.3 Å². The number of morpholine rings is 1. The first-order valence-corrected chi connectivity index (χ1v) is 7.45. The number of aliphatic hydroxyl groups excluding tert-OH is 1. The van der Waals surface area contributed by atoms with Crippen LogP contribution in [-0.2, 0) is 4.74 Å². The predicted molar refractivity (Wildman–Crippen MR) is 77.9 cm³/mol. The first-order chi connectivity index (χ1) is 9.74. The fourth-order valence-corrected chi connectivity index (χ4v) is 3.05. The van der Waals surface area contributed by atoms with E-state index in [0.717, 1.165) is 50.8 Å². The summed E-state index contributed by atoms with van der Waals surface area (Å²) in [6.45, 7) is 7.72. The summed E-state index contributed by atoms with van der Waals surface area (Å²) < 4.78 is 5.42. The van der Waals surface area contributed by atoms with Gasteiger partial charge in [0.25, 0.3) is 0 Å². The van der Waals surface area contributed by atoms with Gasteiger partial charge in [-0.05, 0) is 25.5 Å². The van der Waals surface area contributed by atoms with Gasteiger partial charge in [-0.25, -0.2) is 0 Å². The lowest BCUT2D eigenvalue weighted by Crippen LogP contribution is -2.44. The number of pyridine rings is 1. The third kappa shape index (κ3) is 2.95. The molecule has 1 aromatic rings. The van der Waals surface area contributed by atoms with E-state index < -0.39 is 6.10 Å². The Labute approximate surface area is 120 Å². The lowest BCUT2D eigenvalue weighted by Gasteiger charge is -2.32. The van der Waals surface area contributed by atoms with Crippen LogP contribution < -0.4 is 4.90 Å². The molecule has 2 atom stereocenters. The van der Waals surface area contributed by atoms with Gasteiger partial charge in [0.1, 0.15) is 0 Å². The zero-order valence-corrected chi connectivity index (χ0v) is 12.0. The summed E-state index contributed by atoms with van der Waals surface area (Å²) in [4.78, 5) is 9.27. The molecule has 2 aliphatic rings. The van der Waals surface area contributed by atoms with E-state index in [1.165, 1.54) is 6.42 Å². The summed E-state index contributed by atoms with van der Waals surface area (Å²) in [7, 11) is 0. The summed E-state index contributed by atoms with van der Waals surface area (Å²) in [6.07, 6.45) is 2.59. The minimum Gasteiger partial charge on any atom is -0.387 e. The van der Waals surface area contributed by atoms with Crippen molar-refractivity contribution in [2.45, 2.75) is 25.5 Å². The Bertz CT molecular complexity index is 429. The molecule has 0 aliphatic carbocycles. The summed E-state index contributed by atoms with van der Waals surface area (Å²) in [5.41, 5.74) is 1.89. The van der Waals surface area contributed by atoms with Gasteiger partial charge in [-0.2, -0.15) is 0 Å². The Morgan fingerprint density at radius 1 is 1.30 bits per heavy atom. The first kappa shape index (κ1) is 13.8. The largest absolute Gasteiger partial charge is 0.387 e. The first-order valence-electron chi connectivity index (χ1n) is 7.45. The van der Waals surface area contributed by atoms with E-state index in [1.807, 2.05) is 12.3 Å². The van der Waals surface area contributed by atoms with Crippen LogP contribution in [0.15, 0.2) is 18.3 Å². The predicted octanol–water partition coefficient (Wildman–Crippen LogP) is 1.05. The van der Waals surface area contributed by atoms with Crippen LogP contribution in [0.1, 0.15) is 25.1 Å². The van der Waals surface area contributed by atoms with Crippen LogP contribution in [0, 0.1) is 0 Å². The smallest absolute Gasteiger partial charge is 0.0931 e. The molecular formula is C15H23N3O2. The molecule has 5 heteroatoms. The maximum atomic E-state index is 9.50. The Kier molecular flexibility index (Phi) is 4.19. The lowest BCUT2D eigenvalue weighted by molar-refractivity contribution is 0.0209. The molecular weight excluding hydrogens is 254 g/mol. The van der Waals surface area contributed by atoms with Gasteiger partial charge in [0.2, 0.25) is 0 Å². The summed E-state index contributed by atoms with van der Waals surface area (Å²) in [5, 5.41) is 9.50. The van der Waals surface area contributed by atoms with Gasteiger partial charge in [-0.3, -0.25) is 9.88 Å². The van der Waals surface area contributed by atoms with Crippen LogP contribution in [0.25, 0.3) is 0 Å². The second-order valence-corrected chi connectivity index (χ2v) is 5.65. The Morgan fingerprint density at radius 2 is 2.10 bits per heavy atom. The maximum absolute atomic E-state index is 9.50. The number of aromatic nitrogens is 1. The standard InChI is InChI=1S/C15H23N3O2/c1-12(19)15-3-2-13(10-16-15)18-5-4-14(11-18)17-6-8-20-9-7-17/h2-3,10,12,14,19H,4-9,11H2,1H3/t12-,14?/m0/s1. The van der Waals surface area contributed by atoms with Crippen LogP contribution in [0.5, 0.6) is 0 Å². The number of nitrogens with zero attached hydrogens (tertiary/aromatic N) is 3. The van der Waals surface area contributed by atoms with Gasteiger partial charge in [0.05, 0.1) is 36.9 Å². The van der Waals surface area contributed by atoms with Crippen molar-refractivity contribution in [1.82, 2.24) is 9.88 Å². The summed E-state index contributed by atoms with van der Waals surface area (Å²) in [5.74, 6) is 0. The molecule has 2 aliphatic heterocycles. The van der Waals surface area contributed by atoms with Crippen LogP contribution in [0.2, 0.25) is 0 Å². The molecule has 1 aromatic heterocycles. The van der Waals surface area contributed by atoms with Crippen LogP contribution in [0.3, 0.4) is 0 Å². The van der Waals surface area contributed by atoms with Crippen LogP contribution >= 0.6 is 0 Å². The monoisotopic (exact) mass is 277 g/mol. The highest BCUT2D eigenvalue weighted by molar-refractivity contribution is 5.46. The molecule has 0 aromatic carbocycles. The Morgan fingerprint density at radius 3 is 2.75 bits per heavy atom. The fourth-order valence-electron chi connectivity index (χ4n) is 3.05. The van der Waals surface area contributed by atoms with Crippen LogP contribution in [-0.4, -0.2) is 60.4 Å². The quantitative estimate of drug-likeness (QED) is 0.895. The second-order valence-electron chi connectivity index (χ2n) is 5.65. The molecule has 2 fully saturated rings. The maximum Gasteiger partial charge on any atom is 0.0931 e. The molecule has 110 valence electrons. The normalized spacial score (nSPS) is 25.9. The third-order valence-corrected chi connectivity index (χ3v) is 4.29. The summed E-state index contributed by atoms with van der Waals surface area (Å²) in [6, 6.07) is 4.62. The molecule has 5 nitrogen and oxygen atoms in total. The highest BCUT2D eigenvalue weighted by Gasteiger charge is 2.28. The number of hydrogen-bond acceptors (Lipinski definition) is 5. The highest BCUT2D eigenvalue weighted by atomic mass is 16.5. The minimum atomic E-state index is -0.497. The highest BCUT2D eigenvalue weighted by Crippen LogP contribution is 2.24. The van der Waals surface area contributed by atoms with Gasteiger partial charge in [0.15, 0.2) is 0 Å². The number of anilines is 1. The number of aliphatic hydroxyl groups is 1. The molecule has 0 bridgehead atoms. The van der Waals surface area contributed by atoms with Gasteiger partial charge in [0, 0.05) is 32.2 Å². The van der Waals surface area contributed by atoms with E-state index in [0.29, 0.717) is 6.04 Å². The fraction of sp³-hybridized carbons (Fsp3) is 0.667. The van der Waals surface area contributed by atoms with Crippen molar-refractivity contribution in [3.8, 4) is 0 Å². The van der Waals surface area contributed by atoms with Crippen molar-refractivity contribution >= 4 is 5.69 Å².